The molecule has 0 aromatic carbocycles. The van der Waals surface area contributed by atoms with Crippen LogP contribution in [-0.2, 0) is 9.84 Å². The molecule has 4 aromatic rings. The third kappa shape index (κ3) is 4.75. The Morgan fingerprint density at radius 2 is 1.88 bits per heavy atom. The van der Waals surface area contributed by atoms with E-state index < -0.39 is 39.4 Å². The third-order valence-corrected chi connectivity index (χ3v) is 7.67. The third-order valence-electron chi connectivity index (χ3n) is 5.43. The quantitative estimate of drug-likeness (QED) is 0.429. The predicted molar refractivity (Wildman–Crippen MR) is 117 cm³/mol. The number of nitrogens with zero attached hydrogens (tertiary/aromatic N) is 5. The number of hydrogen-bond acceptors (Lipinski definition) is 6. The number of aromatic amines is 1. The number of aromatic nitrogens is 6. The summed E-state index contributed by atoms with van der Waals surface area (Å²) < 4.78 is 66.4. The number of alkyl halides is 3. The maximum absolute atomic E-state index is 13.6. The zero-order chi connectivity index (χ0) is 23.8. The molecule has 0 aliphatic carbocycles. The van der Waals surface area contributed by atoms with Gasteiger partial charge in [0, 0.05) is 29.7 Å². The molecule has 0 bridgehead atoms. The van der Waals surface area contributed by atoms with E-state index in [1.54, 1.807) is 24.7 Å². The highest BCUT2D eigenvalue weighted by atomic mass is 32.2. The Hall–Kier alpha value is -3.28. The molecule has 0 aliphatic rings. The van der Waals surface area contributed by atoms with E-state index in [0.717, 1.165) is 17.3 Å². The van der Waals surface area contributed by atoms with E-state index in [1.165, 1.54) is 37.0 Å². The number of pyridine rings is 2. The van der Waals surface area contributed by atoms with Crippen molar-refractivity contribution >= 4 is 21.0 Å². The molecule has 4 aromatic heterocycles. The average molecular weight is 479 g/mol. The van der Waals surface area contributed by atoms with Crippen molar-refractivity contribution in [1.29, 1.82) is 0 Å². The summed E-state index contributed by atoms with van der Waals surface area (Å²) in [5, 5.41) is 3.53. The summed E-state index contributed by atoms with van der Waals surface area (Å²) in [7, 11) is -3.59. The molecule has 174 valence electrons. The molecule has 0 saturated heterocycles. The molecule has 0 aliphatic heterocycles. The van der Waals surface area contributed by atoms with Crippen LogP contribution in [-0.4, -0.2) is 55.3 Å². The fourth-order valence-corrected chi connectivity index (χ4v) is 4.48. The molecule has 1 atom stereocenters. The molecule has 12 heteroatoms. The zero-order valence-corrected chi connectivity index (χ0v) is 18.6. The van der Waals surface area contributed by atoms with Gasteiger partial charge in [-0.3, -0.25) is 0 Å². The van der Waals surface area contributed by atoms with Crippen LogP contribution in [0.3, 0.4) is 0 Å². The van der Waals surface area contributed by atoms with Gasteiger partial charge in [0.05, 0.1) is 29.4 Å². The summed E-state index contributed by atoms with van der Waals surface area (Å²) in [6, 6.07) is 4.53. The highest BCUT2D eigenvalue weighted by molar-refractivity contribution is 7.91. The van der Waals surface area contributed by atoms with E-state index in [0.29, 0.717) is 17.0 Å². The van der Waals surface area contributed by atoms with Crippen LogP contribution >= 0.6 is 0 Å². The van der Waals surface area contributed by atoms with Crippen LogP contribution in [0.4, 0.5) is 13.2 Å². The largest absolute Gasteiger partial charge is 0.395 e. The number of imidazole rings is 1. The molecule has 0 saturated carbocycles. The normalized spacial score (nSPS) is 13.6. The van der Waals surface area contributed by atoms with E-state index in [1.807, 2.05) is 0 Å². The van der Waals surface area contributed by atoms with Gasteiger partial charge in [0.2, 0.25) is 0 Å². The van der Waals surface area contributed by atoms with Crippen LogP contribution in [0.1, 0.15) is 31.7 Å². The van der Waals surface area contributed by atoms with Gasteiger partial charge in [0.25, 0.3) is 0 Å². The number of fused-ring (bicyclic) bond motifs is 1. The highest BCUT2D eigenvalue weighted by Crippen LogP contribution is 2.38. The minimum atomic E-state index is -4.59. The lowest BCUT2D eigenvalue weighted by Crippen LogP contribution is -2.26. The Bertz CT molecular complexity index is 1360. The van der Waals surface area contributed by atoms with Crippen molar-refractivity contribution in [1.82, 2.24) is 29.7 Å². The van der Waals surface area contributed by atoms with Crippen molar-refractivity contribution in [3.63, 3.8) is 0 Å². The number of rotatable bonds is 7. The van der Waals surface area contributed by atoms with Gasteiger partial charge < -0.3 is 4.98 Å². The number of nitrogens with one attached hydrogen (secondary N) is 1. The minimum Gasteiger partial charge on any atom is -0.329 e. The second-order valence-electron chi connectivity index (χ2n) is 7.88. The van der Waals surface area contributed by atoms with Gasteiger partial charge in [-0.1, -0.05) is 6.07 Å². The highest BCUT2D eigenvalue weighted by Gasteiger charge is 2.41. The van der Waals surface area contributed by atoms with Crippen LogP contribution in [0.5, 0.6) is 0 Å². The summed E-state index contributed by atoms with van der Waals surface area (Å²) in [5.74, 6) is -2.15. The first-order valence-corrected chi connectivity index (χ1v) is 11.9. The lowest BCUT2D eigenvalue weighted by Gasteiger charge is -2.21. The molecular formula is C21H21F3N6O2S. The topological polar surface area (TPSA) is 106 Å². The maximum atomic E-state index is 13.6. The first-order valence-electron chi connectivity index (χ1n) is 10.1. The van der Waals surface area contributed by atoms with Crippen molar-refractivity contribution in [3.05, 3.63) is 54.9 Å². The van der Waals surface area contributed by atoms with E-state index in [2.05, 4.69) is 25.0 Å². The summed E-state index contributed by atoms with van der Waals surface area (Å²) in [4.78, 5) is 15.5. The molecule has 0 spiro atoms. The Morgan fingerprint density at radius 1 is 1.09 bits per heavy atom. The second-order valence-corrected chi connectivity index (χ2v) is 10.6. The fourth-order valence-electron chi connectivity index (χ4n) is 3.44. The molecule has 4 heterocycles. The van der Waals surface area contributed by atoms with Crippen molar-refractivity contribution in [2.45, 2.75) is 37.6 Å². The van der Waals surface area contributed by atoms with E-state index in [4.69, 9.17) is 0 Å². The lowest BCUT2D eigenvalue weighted by atomic mass is 9.97. The first kappa shape index (κ1) is 22.9. The second kappa shape index (κ2) is 8.58. The van der Waals surface area contributed by atoms with Crippen molar-refractivity contribution in [2.75, 3.05) is 5.75 Å². The first-order chi connectivity index (χ1) is 15.6. The van der Waals surface area contributed by atoms with Crippen molar-refractivity contribution in [2.24, 2.45) is 0 Å². The van der Waals surface area contributed by atoms with Gasteiger partial charge in [-0.25, -0.2) is 28.1 Å². The number of sulfone groups is 1. The summed E-state index contributed by atoms with van der Waals surface area (Å²) >= 11 is 0. The smallest absolute Gasteiger partial charge is 0.329 e. The van der Waals surface area contributed by atoms with Gasteiger partial charge >= 0.3 is 6.18 Å². The molecule has 8 nitrogen and oxygen atoms in total. The monoisotopic (exact) mass is 478 g/mol. The summed E-state index contributed by atoms with van der Waals surface area (Å²) in [6.45, 7) is 2.91. The number of halogens is 3. The Kier molecular flexibility index (Phi) is 5.95. The van der Waals surface area contributed by atoms with Crippen LogP contribution in [0, 0.1) is 0 Å². The predicted octanol–water partition coefficient (Wildman–Crippen LogP) is 4.06. The van der Waals surface area contributed by atoms with Crippen molar-refractivity contribution < 1.29 is 21.6 Å². The molecular weight excluding hydrogens is 457 g/mol. The SMILES string of the molecule is CC(C)S(=O)(=O)CCC(c1ccc(-n2cc(-c3ccnc4[nH]cnc34)cn2)nc1)C(F)(F)F. The summed E-state index contributed by atoms with van der Waals surface area (Å²) in [6.07, 6.45) is 2.45. The van der Waals surface area contributed by atoms with E-state index in [-0.39, 0.29) is 5.56 Å². The molecule has 1 N–H and O–H groups in total. The van der Waals surface area contributed by atoms with Gasteiger partial charge in [-0.15, -0.1) is 0 Å². The average Bonchev–Trinajstić information content (AvgIpc) is 3.43. The van der Waals surface area contributed by atoms with Crippen LogP contribution < -0.4 is 0 Å². The molecule has 0 amide bonds. The van der Waals surface area contributed by atoms with Crippen LogP contribution in [0.15, 0.2) is 49.3 Å². The van der Waals surface area contributed by atoms with Crippen LogP contribution in [0.25, 0.3) is 28.1 Å². The molecule has 4 rings (SSSR count). The van der Waals surface area contributed by atoms with Crippen LogP contribution in [0.2, 0.25) is 0 Å². The maximum Gasteiger partial charge on any atom is 0.395 e. The minimum absolute atomic E-state index is 0.0926. The Labute approximate surface area is 187 Å². The molecule has 0 fully saturated rings. The zero-order valence-electron chi connectivity index (χ0n) is 17.8. The van der Waals surface area contributed by atoms with E-state index in [9.17, 15) is 21.6 Å². The molecule has 1 unspecified atom stereocenters. The van der Waals surface area contributed by atoms with Gasteiger partial charge in [-0.05, 0) is 38.0 Å². The standard InChI is InChI=1S/C21H21F3N6O2S/c1-13(2)33(31,32)8-6-17(21(22,23)24)14-3-4-18(26-9-14)30-11-15(10-29-30)16-5-7-25-20-19(16)27-12-28-20/h3-5,7,9-13,17H,6,8H2,1-2H3,(H,25,27,28). The Balaban J connectivity index is 1.58. The number of H-pyrrole nitrogens is 1. The van der Waals surface area contributed by atoms with Gasteiger partial charge in [0.15, 0.2) is 21.3 Å². The number of hydrogen-bond donors (Lipinski definition) is 1. The van der Waals surface area contributed by atoms with E-state index >= 15 is 0 Å². The van der Waals surface area contributed by atoms with Gasteiger partial charge in [0.1, 0.15) is 5.52 Å². The lowest BCUT2D eigenvalue weighted by molar-refractivity contribution is -0.150. The Morgan fingerprint density at radius 3 is 2.55 bits per heavy atom. The molecule has 33 heavy (non-hydrogen) atoms. The summed E-state index contributed by atoms with van der Waals surface area (Å²) in [5.41, 5.74) is 2.75. The van der Waals surface area contributed by atoms with Crippen molar-refractivity contribution in [3.8, 4) is 16.9 Å². The van der Waals surface area contributed by atoms with Gasteiger partial charge in [-0.2, -0.15) is 18.3 Å². The molecule has 0 radical (unpaired) electrons. The fraction of sp³-hybridized carbons (Fsp3) is 0.333.